The summed E-state index contributed by atoms with van der Waals surface area (Å²) in [6, 6.07) is 15.3. The van der Waals surface area contributed by atoms with Crippen molar-refractivity contribution in [2.75, 3.05) is 14.2 Å². The van der Waals surface area contributed by atoms with Gasteiger partial charge >= 0.3 is 5.97 Å². The van der Waals surface area contributed by atoms with E-state index in [1.165, 1.54) is 7.11 Å². The van der Waals surface area contributed by atoms with Crippen LogP contribution in [0.5, 0.6) is 5.88 Å². The third kappa shape index (κ3) is 2.51. The molecule has 0 aliphatic carbocycles. The molecule has 1 heterocycles. The van der Waals surface area contributed by atoms with Crippen LogP contribution in [-0.4, -0.2) is 25.2 Å². The maximum atomic E-state index is 11.7. The Morgan fingerprint density at radius 2 is 1.91 bits per heavy atom. The van der Waals surface area contributed by atoms with Gasteiger partial charge in [-0.1, -0.05) is 24.3 Å². The van der Waals surface area contributed by atoms with Gasteiger partial charge in [0.2, 0.25) is 5.88 Å². The number of ether oxygens (including phenoxy) is 2. The molecule has 110 valence electrons. The van der Waals surface area contributed by atoms with Crippen molar-refractivity contribution in [1.29, 1.82) is 0 Å². The molecule has 3 rings (SSSR count). The number of methoxy groups -OCH3 is 2. The lowest BCUT2D eigenvalue weighted by Crippen LogP contribution is -2.00. The Kier molecular flexibility index (Phi) is 3.74. The molecule has 0 saturated carbocycles. The summed E-state index contributed by atoms with van der Waals surface area (Å²) < 4.78 is 9.88. The average molecular weight is 293 g/mol. The van der Waals surface area contributed by atoms with E-state index in [1.54, 1.807) is 19.4 Å². The van der Waals surface area contributed by atoms with Gasteiger partial charge in [0.05, 0.1) is 19.8 Å². The first-order chi connectivity index (χ1) is 10.7. The second-order valence-corrected chi connectivity index (χ2v) is 4.82. The van der Waals surface area contributed by atoms with Crippen molar-refractivity contribution >= 4 is 16.7 Å². The highest BCUT2D eigenvalue weighted by molar-refractivity contribution is 6.01. The molecule has 0 bridgehead atoms. The molecule has 0 N–H and O–H groups in total. The fourth-order valence-electron chi connectivity index (χ4n) is 2.43. The van der Waals surface area contributed by atoms with Crippen LogP contribution in [0.25, 0.3) is 21.9 Å². The first kappa shape index (κ1) is 14.1. The zero-order chi connectivity index (χ0) is 15.5. The molecule has 22 heavy (non-hydrogen) atoms. The van der Waals surface area contributed by atoms with E-state index in [9.17, 15) is 4.79 Å². The van der Waals surface area contributed by atoms with Crippen molar-refractivity contribution in [3.63, 3.8) is 0 Å². The summed E-state index contributed by atoms with van der Waals surface area (Å²) in [5, 5.41) is 2.04. The molecule has 0 atom stereocenters. The normalized spacial score (nSPS) is 10.5. The fraction of sp³-hybridized carbons (Fsp3) is 0.111. The highest BCUT2D eigenvalue weighted by Crippen LogP contribution is 2.29. The zero-order valence-corrected chi connectivity index (χ0v) is 12.4. The minimum absolute atomic E-state index is 0.343. The Bertz CT molecular complexity index is 825. The van der Waals surface area contributed by atoms with Crippen LogP contribution in [0, 0.1) is 0 Å². The summed E-state index contributed by atoms with van der Waals surface area (Å²) >= 11 is 0. The summed E-state index contributed by atoms with van der Waals surface area (Å²) in [5.41, 5.74) is 2.51. The lowest BCUT2D eigenvalue weighted by molar-refractivity contribution is 0.0601. The van der Waals surface area contributed by atoms with Crippen molar-refractivity contribution in [2.24, 2.45) is 0 Å². The monoisotopic (exact) mass is 293 g/mol. The largest absolute Gasteiger partial charge is 0.481 e. The van der Waals surface area contributed by atoms with Crippen LogP contribution in [0.1, 0.15) is 10.4 Å². The zero-order valence-electron chi connectivity index (χ0n) is 12.4. The first-order valence-electron chi connectivity index (χ1n) is 6.84. The second-order valence-electron chi connectivity index (χ2n) is 4.82. The van der Waals surface area contributed by atoms with Crippen molar-refractivity contribution in [3.05, 3.63) is 60.3 Å². The molecular formula is C18H15NO3. The molecule has 0 aliphatic heterocycles. The lowest BCUT2D eigenvalue weighted by atomic mass is 9.98. The Balaban J connectivity index is 2.17. The summed E-state index contributed by atoms with van der Waals surface area (Å²) in [6.07, 6.45) is 1.76. The third-order valence-electron chi connectivity index (χ3n) is 3.56. The molecule has 4 heteroatoms. The lowest BCUT2D eigenvalue weighted by Gasteiger charge is -2.09. The van der Waals surface area contributed by atoms with E-state index in [-0.39, 0.29) is 5.97 Å². The van der Waals surface area contributed by atoms with Gasteiger partial charge < -0.3 is 9.47 Å². The van der Waals surface area contributed by atoms with E-state index >= 15 is 0 Å². The highest BCUT2D eigenvalue weighted by atomic mass is 16.5. The van der Waals surface area contributed by atoms with Crippen molar-refractivity contribution in [3.8, 4) is 17.0 Å². The number of aromatic nitrogens is 1. The Morgan fingerprint density at radius 1 is 1.05 bits per heavy atom. The number of benzene rings is 2. The van der Waals surface area contributed by atoms with Gasteiger partial charge in [0.1, 0.15) is 0 Å². The van der Waals surface area contributed by atoms with Crippen LogP contribution in [0.15, 0.2) is 54.7 Å². The van der Waals surface area contributed by atoms with Gasteiger partial charge in [-0.2, -0.15) is 0 Å². The molecule has 0 unspecified atom stereocenters. The van der Waals surface area contributed by atoms with Gasteiger partial charge in [-0.05, 0) is 34.5 Å². The minimum Gasteiger partial charge on any atom is -0.481 e. The number of pyridine rings is 1. The topological polar surface area (TPSA) is 48.4 Å². The molecular weight excluding hydrogens is 278 g/mol. The number of hydrogen-bond donors (Lipinski definition) is 0. The number of carbonyl (C=O) groups excluding carboxylic acids is 1. The molecule has 0 saturated heterocycles. The van der Waals surface area contributed by atoms with E-state index in [4.69, 9.17) is 9.47 Å². The Hall–Kier alpha value is -2.88. The van der Waals surface area contributed by atoms with E-state index in [0.29, 0.717) is 11.4 Å². The minimum atomic E-state index is -0.343. The average Bonchev–Trinajstić information content (AvgIpc) is 2.60. The predicted octanol–water partition coefficient (Wildman–Crippen LogP) is 3.70. The molecule has 0 fully saturated rings. The number of nitrogens with zero attached hydrogens (tertiary/aromatic N) is 1. The Labute approximate surface area is 128 Å². The van der Waals surface area contributed by atoms with Crippen LogP contribution >= 0.6 is 0 Å². The number of esters is 1. The maximum Gasteiger partial charge on any atom is 0.337 e. The third-order valence-corrected chi connectivity index (χ3v) is 3.56. The maximum absolute atomic E-state index is 11.7. The summed E-state index contributed by atoms with van der Waals surface area (Å²) in [5.74, 6) is 0.226. The van der Waals surface area contributed by atoms with Gasteiger partial charge in [0, 0.05) is 17.8 Å². The summed E-state index contributed by atoms with van der Waals surface area (Å²) in [4.78, 5) is 16.0. The summed E-state index contributed by atoms with van der Waals surface area (Å²) in [7, 11) is 2.97. The first-order valence-corrected chi connectivity index (χ1v) is 6.84. The van der Waals surface area contributed by atoms with E-state index < -0.39 is 0 Å². The quantitative estimate of drug-likeness (QED) is 0.691. The van der Waals surface area contributed by atoms with E-state index in [0.717, 1.165) is 21.9 Å². The SMILES string of the molecule is COC(=O)c1ccc2cccc(-c3ccc(OC)nc3)c2c1. The van der Waals surface area contributed by atoms with E-state index in [2.05, 4.69) is 4.98 Å². The molecule has 0 amide bonds. The molecule has 1 aromatic heterocycles. The second kappa shape index (κ2) is 5.85. The van der Waals surface area contributed by atoms with Crippen molar-refractivity contribution < 1.29 is 14.3 Å². The standard InChI is InChI=1S/C18H15NO3/c1-21-17-9-8-14(11-19-17)15-5-3-4-12-6-7-13(10-16(12)15)18(20)22-2/h3-11H,1-2H3. The molecule has 0 spiro atoms. The van der Waals surface area contributed by atoms with Crippen LogP contribution in [-0.2, 0) is 4.74 Å². The number of fused-ring (bicyclic) bond motifs is 1. The molecule has 3 aromatic rings. The van der Waals surface area contributed by atoms with Gasteiger partial charge in [0.25, 0.3) is 0 Å². The van der Waals surface area contributed by atoms with Crippen LogP contribution in [0.3, 0.4) is 0 Å². The fourth-order valence-corrected chi connectivity index (χ4v) is 2.43. The van der Waals surface area contributed by atoms with Crippen LogP contribution in [0.2, 0.25) is 0 Å². The van der Waals surface area contributed by atoms with Gasteiger partial charge in [-0.3, -0.25) is 0 Å². The smallest absolute Gasteiger partial charge is 0.337 e. The molecule has 2 aromatic carbocycles. The van der Waals surface area contributed by atoms with Gasteiger partial charge in [-0.25, -0.2) is 9.78 Å². The molecule has 4 nitrogen and oxygen atoms in total. The predicted molar refractivity (Wildman–Crippen MR) is 85.1 cm³/mol. The van der Waals surface area contributed by atoms with Crippen molar-refractivity contribution in [2.45, 2.75) is 0 Å². The molecule has 0 aliphatic rings. The Morgan fingerprint density at radius 3 is 2.59 bits per heavy atom. The number of carbonyl (C=O) groups is 1. The summed E-state index contributed by atoms with van der Waals surface area (Å²) in [6.45, 7) is 0. The number of rotatable bonds is 3. The number of hydrogen-bond acceptors (Lipinski definition) is 4. The van der Waals surface area contributed by atoms with Crippen molar-refractivity contribution in [1.82, 2.24) is 4.98 Å². The molecule has 0 radical (unpaired) electrons. The van der Waals surface area contributed by atoms with E-state index in [1.807, 2.05) is 42.5 Å². The van der Waals surface area contributed by atoms with Crippen LogP contribution in [0.4, 0.5) is 0 Å². The highest BCUT2D eigenvalue weighted by Gasteiger charge is 2.09. The van der Waals surface area contributed by atoms with Gasteiger partial charge in [0.15, 0.2) is 0 Å². The van der Waals surface area contributed by atoms with Crippen LogP contribution < -0.4 is 4.74 Å². The van der Waals surface area contributed by atoms with Gasteiger partial charge in [-0.15, -0.1) is 0 Å².